The van der Waals surface area contributed by atoms with Crippen molar-refractivity contribution in [1.82, 2.24) is 0 Å². The maximum Gasteiger partial charge on any atom is -0.0243 e. The van der Waals surface area contributed by atoms with E-state index in [4.69, 9.17) is 0 Å². The first kappa shape index (κ1) is 8.74. The molecule has 0 aliphatic carbocycles. The molecule has 0 aliphatic rings. The van der Waals surface area contributed by atoms with Crippen LogP contribution in [-0.2, 0) is 0 Å². The molecule has 0 N–H and O–H groups in total. The van der Waals surface area contributed by atoms with E-state index in [0.717, 1.165) is 0 Å². The van der Waals surface area contributed by atoms with Gasteiger partial charge in [-0.1, -0.05) is 51.6 Å². The minimum absolute atomic E-state index is 0.124. The van der Waals surface area contributed by atoms with Crippen LogP contribution in [0.3, 0.4) is 0 Å². The van der Waals surface area contributed by atoms with Gasteiger partial charge in [0.2, 0.25) is 0 Å². The molecule has 0 spiro atoms. The zero-order valence-electron chi connectivity index (χ0n) is 7.25. The Morgan fingerprint density at radius 2 is 1.82 bits per heavy atom. The predicted molar refractivity (Wildman–Crippen MR) is 54.1 cm³/mol. The number of rotatable bonds is 3. The predicted octanol–water partition coefficient (Wildman–Crippen LogP) is 2.83. The van der Waals surface area contributed by atoms with Crippen molar-refractivity contribution in [1.29, 1.82) is 0 Å². The Kier molecular flexibility index (Phi) is 3.59. The van der Waals surface area contributed by atoms with Crippen LogP contribution < -0.4 is 5.30 Å². The molecule has 11 heavy (non-hydrogen) atoms. The Labute approximate surface area is 70.4 Å². The topological polar surface area (TPSA) is 0 Å². The van der Waals surface area contributed by atoms with Gasteiger partial charge in [0.15, 0.2) is 0 Å². The van der Waals surface area contributed by atoms with Crippen molar-refractivity contribution < 1.29 is 0 Å². The molecule has 0 aromatic heterocycles. The second-order valence-electron chi connectivity index (χ2n) is 2.76. The molecule has 0 amide bonds. The molecular formula is C10H15P. The second-order valence-corrected chi connectivity index (χ2v) is 5.12. The van der Waals surface area contributed by atoms with Crippen LogP contribution in [0.25, 0.3) is 0 Å². The summed E-state index contributed by atoms with van der Waals surface area (Å²) in [6.07, 6.45) is 2.66. The highest BCUT2D eigenvalue weighted by atomic mass is 31.1. The fourth-order valence-corrected chi connectivity index (χ4v) is 2.76. The standard InChI is InChI=1S/C10H15P/c1-3-9-11(2)10-7-5-4-6-8-10/h4-8H,3,9H2,1-2H3/t11-/m1/s1. The molecule has 0 saturated carbocycles. The lowest BCUT2D eigenvalue weighted by Gasteiger charge is -2.09. The average molecular weight is 166 g/mol. The summed E-state index contributed by atoms with van der Waals surface area (Å²) < 4.78 is 0. The Bertz CT molecular complexity index is 193. The highest BCUT2D eigenvalue weighted by Gasteiger charge is 2.00. The largest absolute Gasteiger partial charge is 0.0785 e. The van der Waals surface area contributed by atoms with E-state index in [1.807, 2.05) is 0 Å². The molecule has 0 nitrogen and oxygen atoms in total. The van der Waals surface area contributed by atoms with E-state index in [1.54, 1.807) is 0 Å². The van der Waals surface area contributed by atoms with Crippen molar-refractivity contribution in [3.8, 4) is 0 Å². The first-order valence-electron chi connectivity index (χ1n) is 4.10. The SMILES string of the molecule is CCC[P@@](C)c1ccccc1. The lowest BCUT2D eigenvalue weighted by atomic mass is 10.4. The maximum atomic E-state index is 2.36. The van der Waals surface area contributed by atoms with Crippen molar-refractivity contribution >= 4 is 13.2 Å². The number of hydrogen-bond acceptors (Lipinski definition) is 0. The van der Waals surface area contributed by atoms with E-state index < -0.39 is 0 Å². The Hall–Kier alpha value is -0.350. The van der Waals surface area contributed by atoms with Gasteiger partial charge < -0.3 is 0 Å². The number of hydrogen-bond donors (Lipinski definition) is 0. The monoisotopic (exact) mass is 166 g/mol. The third-order valence-corrected chi connectivity index (χ3v) is 4.05. The molecule has 1 aromatic rings. The fourth-order valence-electron chi connectivity index (χ4n) is 1.15. The Balaban J connectivity index is 2.61. The van der Waals surface area contributed by atoms with Gasteiger partial charge in [0.1, 0.15) is 0 Å². The molecule has 0 fully saturated rings. The van der Waals surface area contributed by atoms with Crippen molar-refractivity contribution in [3.63, 3.8) is 0 Å². The van der Waals surface area contributed by atoms with Gasteiger partial charge in [-0.05, 0) is 18.1 Å². The lowest BCUT2D eigenvalue weighted by Crippen LogP contribution is -2.00. The summed E-state index contributed by atoms with van der Waals surface area (Å²) in [7, 11) is 0.124. The van der Waals surface area contributed by atoms with Crippen LogP contribution in [0.1, 0.15) is 13.3 Å². The van der Waals surface area contributed by atoms with Gasteiger partial charge in [-0.25, -0.2) is 0 Å². The van der Waals surface area contributed by atoms with Crippen LogP contribution in [0, 0.1) is 0 Å². The minimum Gasteiger partial charge on any atom is -0.0785 e. The molecule has 0 radical (unpaired) electrons. The quantitative estimate of drug-likeness (QED) is 0.606. The van der Waals surface area contributed by atoms with Gasteiger partial charge in [0.05, 0.1) is 0 Å². The first-order chi connectivity index (χ1) is 5.34. The minimum atomic E-state index is 0.124. The third-order valence-electron chi connectivity index (χ3n) is 1.76. The molecule has 0 bridgehead atoms. The van der Waals surface area contributed by atoms with Crippen LogP contribution in [0.5, 0.6) is 0 Å². The molecule has 0 saturated heterocycles. The highest BCUT2D eigenvalue weighted by Crippen LogP contribution is 2.29. The molecule has 1 heteroatoms. The van der Waals surface area contributed by atoms with Crippen LogP contribution in [0.2, 0.25) is 0 Å². The van der Waals surface area contributed by atoms with Crippen LogP contribution >= 0.6 is 7.92 Å². The van der Waals surface area contributed by atoms with Crippen molar-refractivity contribution in [3.05, 3.63) is 30.3 Å². The fraction of sp³-hybridized carbons (Fsp3) is 0.400. The van der Waals surface area contributed by atoms with E-state index in [1.165, 1.54) is 17.9 Å². The Morgan fingerprint density at radius 1 is 1.18 bits per heavy atom. The zero-order chi connectivity index (χ0) is 8.10. The molecule has 1 aromatic carbocycles. The van der Waals surface area contributed by atoms with E-state index >= 15 is 0 Å². The summed E-state index contributed by atoms with van der Waals surface area (Å²) in [4.78, 5) is 0. The van der Waals surface area contributed by atoms with Gasteiger partial charge in [-0.2, -0.15) is 0 Å². The summed E-state index contributed by atoms with van der Waals surface area (Å²) >= 11 is 0. The van der Waals surface area contributed by atoms with Gasteiger partial charge in [-0.15, -0.1) is 0 Å². The van der Waals surface area contributed by atoms with E-state index in [0.29, 0.717) is 0 Å². The molecule has 60 valence electrons. The second kappa shape index (κ2) is 4.51. The Morgan fingerprint density at radius 3 is 2.36 bits per heavy atom. The van der Waals surface area contributed by atoms with E-state index in [2.05, 4.69) is 43.9 Å². The molecule has 1 rings (SSSR count). The van der Waals surface area contributed by atoms with Gasteiger partial charge >= 0.3 is 0 Å². The van der Waals surface area contributed by atoms with Crippen molar-refractivity contribution in [2.45, 2.75) is 13.3 Å². The van der Waals surface area contributed by atoms with Crippen LogP contribution in [0.4, 0.5) is 0 Å². The summed E-state index contributed by atoms with van der Waals surface area (Å²) in [5.41, 5.74) is 0. The summed E-state index contributed by atoms with van der Waals surface area (Å²) in [5.74, 6) is 0. The number of benzene rings is 1. The normalized spacial score (nSPS) is 12.9. The van der Waals surface area contributed by atoms with Gasteiger partial charge in [0.25, 0.3) is 0 Å². The average Bonchev–Trinajstić information content (AvgIpc) is 2.07. The summed E-state index contributed by atoms with van der Waals surface area (Å²) in [6, 6.07) is 10.8. The van der Waals surface area contributed by atoms with Gasteiger partial charge in [-0.3, -0.25) is 0 Å². The van der Waals surface area contributed by atoms with Crippen LogP contribution in [0.15, 0.2) is 30.3 Å². The van der Waals surface area contributed by atoms with E-state index in [9.17, 15) is 0 Å². The smallest absolute Gasteiger partial charge is 0.0243 e. The van der Waals surface area contributed by atoms with Crippen LogP contribution in [-0.4, -0.2) is 12.8 Å². The molecule has 0 heterocycles. The molecule has 0 unspecified atom stereocenters. The zero-order valence-corrected chi connectivity index (χ0v) is 8.14. The molecule has 0 aliphatic heterocycles. The lowest BCUT2D eigenvalue weighted by molar-refractivity contribution is 1.10. The van der Waals surface area contributed by atoms with Crippen molar-refractivity contribution in [2.75, 3.05) is 12.8 Å². The maximum absolute atomic E-state index is 2.36. The van der Waals surface area contributed by atoms with Crippen molar-refractivity contribution in [2.24, 2.45) is 0 Å². The molecule has 1 atom stereocenters. The first-order valence-corrected chi connectivity index (χ1v) is 6.08. The van der Waals surface area contributed by atoms with E-state index in [-0.39, 0.29) is 7.92 Å². The summed E-state index contributed by atoms with van der Waals surface area (Å²) in [6.45, 7) is 4.61. The van der Waals surface area contributed by atoms with Gasteiger partial charge in [0, 0.05) is 0 Å². The highest BCUT2D eigenvalue weighted by molar-refractivity contribution is 7.64. The third kappa shape index (κ3) is 2.63. The molecular weight excluding hydrogens is 151 g/mol. The summed E-state index contributed by atoms with van der Waals surface area (Å²) in [5, 5.41) is 1.53.